The van der Waals surface area contributed by atoms with E-state index in [0.29, 0.717) is 16.3 Å². The first-order chi connectivity index (χ1) is 8.00. The van der Waals surface area contributed by atoms with Crippen LogP contribution >= 0.6 is 27.5 Å². The molecule has 1 heterocycles. The van der Waals surface area contributed by atoms with Gasteiger partial charge in [-0.05, 0) is 24.6 Å². The smallest absolute Gasteiger partial charge is 0.213 e. The Morgan fingerprint density at radius 3 is 2.71 bits per heavy atom. The predicted octanol–water partition coefficient (Wildman–Crippen LogP) is 3.38. The first-order valence-electron chi connectivity index (χ1n) is 4.99. The molecule has 0 saturated heterocycles. The van der Waals surface area contributed by atoms with Crippen LogP contribution in [-0.2, 0) is 7.05 Å². The summed E-state index contributed by atoms with van der Waals surface area (Å²) in [6.07, 6.45) is 1.47. The highest BCUT2D eigenvalue weighted by molar-refractivity contribution is 9.10. The van der Waals surface area contributed by atoms with Crippen molar-refractivity contribution in [3.05, 3.63) is 50.7 Å². The van der Waals surface area contributed by atoms with Gasteiger partial charge in [-0.3, -0.25) is 9.48 Å². The lowest BCUT2D eigenvalue weighted by molar-refractivity contribution is 0.102. The van der Waals surface area contributed by atoms with Gasteiger partial charge in [0.25, 0.3) is 0 Å². The van der Waals surface area contributed by atoms with Crippen LogP contribution in [0.2, 0.25) is 5.02 Å². The molecule has 0 N–H and O–H groups in total. The molecule has 0 spiro atoms. The summed E-state index contributed by atoms with van der Waals surface area (Å²) < 4.78 is 2.25. The van der Waals surface area contributed by atoms with E-state index in [2.05, 4.69) is 21.0 Å². The minimum atomic E-state index is -0.137. The molecule has 0 aliphatic carbocycles. The normalized spacial score (nSPS) is 10.6. The molecule has 0 radical (unpaired) electrons. The molecule has 88 valence electrons. The molecule has 2 aromatic rings. The Kier molecular flexibility index (Phi) is 3.35. The Hall–Kier alpha value is -1.13. The van der Waals surface area contributed by atoms with Gasteiger partial charge in [0.05, 0.1) is 11.2 Å². The maximum Gasteiger partial charge on any atom is 0.213 e. The largest absolute Gasteiger partial charge is 0.287 e. The van der Waals surface area contributed by atoms with E-state index < -0.39 is 0 Å². The Bertz CT molecular complexity index is 573. The van der Waals surface area contributed by atoms with E-state index in [1.807, 2.05) is 19.1 Å². The number of carbonyl (C=O) groups is 1. The second-order valence-electron chi connectivity index (χ2n) is 3.78. The van der Waals surface area contributed by atoms with E-state index in [1.165, 1.54) is 10.9 Å². The average Bonchev–Trinajstić information content (AvgIpc) is 2.58. The van der Waals surface area contributed by atoms with Crippen molar-refractivity contribution in [1.29, 1.82) is 0 Å². The third-order valence-corrected chi connectivity index (χ3v) is 3.41. The number of hydrogen-bond donors (Lipinski definition) is 0. The molecule has 1 aromatic heterocycles. The first-order valence-corrected chi connectivity index (χ1v) is 6.16. The highest BCUT2D eigenvalue weighted by atomic mass is 79.9. The summed E-state index contributed by atoms with van der Waals surface area (Å²) in [5.41, 5.74) is 2.07. The van der Waals surface area contributed by atoms with Gasteiger partial charge in [-0.2, -0.15) is 5.10 Å². The van der Waals surface area contributed by atoms with Gasteiger partial charge in [0.15, 0.2) is 0 Å². The Morgan fingerprint density at radius 1 is 1.47 bits per heavy atom. The molecule has 2 rings (SSSR count). The second kappa shape index (κ2) is 4.63. The fourth-order valence-corrected chi connectivity index (χ4v) is 2.52. The third-order valence-electron chi connectivity index (χ3n) is 2.48. The van der Waals surface area contributed by atoms with Gasteiger partial charge in [0, 0.05) is 17.1 Å². The molecule has 0 saturated carbocycles. The van der Waals surface area contributed by atoms with Crippen LogP contribution in [0, 0.1) is 6.92 Å². The molecular formula is C12H10BrClN2O. The summed E-state index contributed by atoms with van der Waals surface area (Å²) in [7, 11) is 1.70. The summed E-state index contributed by atoms with van der Waals surface area (Å²) in [4.78, 5) is 12.3. The summed E-state index contributed by atoms with van der Waals surface area (Å²) >= 11 is 9.34. The van der Waals surface area contributed by atoms with Crippen LogP contribution in [0.15, 0.2) is 28.9 Å². The molecule has 0 fully saturated rings. The number of aryl methyl sites for hydroxylation is 2. The SMILES string of the molecule is Cc1ccc(C(=O)c2c(Cl)cnn2C)c(Br)c1. The summed E-state index contributed by atoms with van der Waals surface area (Å²) in [6.45, 7) is 1.97. The number of rotatable bonds is 2. The summed E-state index contributed by atoms with van der Waals surface area (Å²) in [6, 6.07) is 5.57. The van der Waals surface area contributed by atoms with Gasteiger partial charge in [-0.15, -0.1) is 0 Å². The van der Waals surface area contributed by atoms with Crippen LogP contribution in [0.4, 0.5) is 0 Å². The molecule has 1 aromatic carbocycles. The molecular weight excluding hydrogens is 304 g/mol. The average molecular weight is 314 g/mol. The molecule has 0 unspecified atom stereocenters. The van der Waals surface area contributed by atoms with E-state index in [-0.39, 0.29) is 5.78 Å². The first kappa shape index (κ1) is 12.3. The van der Waals surface area contributed by atoms with Crippen LogP contribution in [0.3, 0.4) is 0 Å². The van der Waals surface area contributed by atoms with Crippen LogP contribution in [0.1, 0.15) is 21.6 Å². The second-order valence-corrected chi connectivity index (χ2v) is 5.04. The molecule has 17 heavy (non-hydrogen) atoms. The van der Waals surface area contributed by atoms with Gasteiger partial charge >= 0.3 is 0 Å². The molecule has 3 nitrogen and oxygen atoms in total. The van der Waals surface area contributed by atoms with Crippen LogP contribution in [0.5, 0.6) is 0 Å². The number of aromatic nitrogens is 2. The fraction of sp³-hybridized carbons (Fsp3) is 0.167. The van der Waals surface area contributed by atoms with Crippen molar-refractivity contribution >= 4 is 33.3 Å². The van der Waals surface area contributed by atoms with Crippen LogP contribution in [-0.4, -0.2) is 15.6 Å². The number of nitrogens with zero attached hydrogens (tertiary/aromatic N) is 2. The van der Waals surface area contributed by atoms with Crippen molar-refractivity contribution in [2.75, 3.05) is 0 Å². The summed E-state index contributed by atoms with van der Waals surface area (Å²) in [5, 5.41) is 4.32. The number of ketones is 1. The van der Waals surface area contributed by atoms with E-state index in [9.17, 15) is 4.79 Å². The highest BCUT2D eigenvalue weighted by Crippen LogP contribution is 2.24. The van der Waals surface area contributed by atoms with Gasteiger partial charge in [-0.25, -0.2) is 0 Å². The molecule has 0 aliphatic rings. The topological polar surface area (TPSA) is 34.9 Å². The maximum atomic E-state index is 12.3. The standard InChI is InChI=1S/C12H10BrClN2O/c1-7-3-4-8(9(13)5-7)12(17)11-10(14)6-15-16(11)2/h3-6H,1-2H3. The van der Waals surface area contributed by atoms with E-state index >= 15 is 0 Å². The summed E-state index contributed by atoms with van der Waals surface area (Å²) in [5.74, 6) is -0.137. The van der Waals surface area contributed by atoms with Gasteiger partial charge in [-0.1, -0.05) is 33.6 Å². The minimum Gasteiger partial charge on any atom is -0.287 e. The van der Waals surface area contributed by atoms with Gasteiger partial charge < -0.3 is 0 Å². The number of benzene rings is 1. The Balaban J connectivity index is 2.51. The Morgan fingerprint density at radius 2 is 2.18 bits per heavy atom. The van der Waals surface area contributed by atoms with E-state index in [4.69, 9.17) is 11.6 Å². The highest BCUT2D eigenvalue weighted by Gasteiger charge is 2.19. The molecule has 0 amide bonds. The van der Waals surface area contributed by atoms with Gasteiger partial charge in [0.1, 0.15) is 5.69 Å². The molecule has 5 heteroatoms. The maximum absolute atomic E-state index is 12.3. The van der Waals surface area contributed by atoms with E-state index in [0.717, 1.165) is 10.0 Å². The molecule has 0 atom stereocenters. The van der Waals surface area contributed by atoms with Gasteiger partial charge in [0.2, 0.25) is 5.78 Å². The van der Waals surface area contributed by atoms with Crippen molar-refractivity contribution < 1.29 is 4.79 Å². The van der Waals surface area contributed by atoms with Crippen molar-refractivity contribution in [3.63, 3.8) is 0 Å². The van der Waals surface area contributed by atoms with Crippen molar-refractivity contribution in [3.8, 4) is 0 Å². The lowest BCUT2D eigenvalue weighted by Crippen LogP contribution is -2.09. The zero-order valence-corrected chi connectivity index (χ0v) is 11.7. The lowest BCUT2D eigenvalue weighted by atomic mass is 10.1. The van der Waals surface area contributed by atoms with Crippen molar-refractivity contribution in [2.24, 2.45) is 7.05 Å². The fourth-order valence-electron chi connectivity index (χ4n) is 1.60. The number of carbonyl (C=O) groups excluding carboxylic acids is 1. The van der Waals surface area contributed by atoms with Crippen molar-refractivity contribution in [1.82, 2.24) is 9.78 Å². The zero-order chi connectivity index (χ0) is 12.6. The Labute approximate surface area is 113 Å². The predicted molar refractivity (Wildman–Crippen MR) is 70.5 cm³/mol. The quantitative estimate of drug-likeness (QED) is 0.797. The van der Waals surface area contributed by atoms with Crippen molar-refractivity contribution in [2.45, 2.75) is 6.92 Å². The number of halogens is 2. The van der Waals surface area contributed by atoms with E-state index in [1.54, 1.807) is 13.1 Å². The van der Waals surface area contributed by atoms with Crippen LogP contribution < -0.4 is 0 Å². The molecule has 0 bridgehead atoms. The number of hydrogen-bond acceptors (Lipinski definition) is 2. The zero-order valence-electron chi connectivity index (χ0n) is 9.37. The third kappa shape index (κ3) is 2.28. The minimum absolute atomic E-state index is 0.137. The molecule has 0 aliphatic heterocycles. The monoisotopic (exact) mass is 312 g/mol. The van der Waals surface area contributed by atoms with Crippen LogP contribution in [0.25, 0.3) is 0 Å². The lowest BCUT2D eigenvalue weighted by Gasteiger charge is -2.05.